The van der Waals surface area contributed by atoms with Crippen molar-refractivity contribution in [2.24, 2.45) is 0 Å². The summed E-state index contributed by atoms with van der Waals surface area (Å²) in [5.74, 6) is -1.97. The molecule has 3 aromatic rings. The van der Waals surface area contributed by atoms with Gasteiger partial charge in [0.15, 0.2) is 0 Å². The maximum atomic E-state index is 13.5. The van der Waals surface area contributed by atoms with Gasteiger partial charge in [0.1, 0.15) is 5.00 Å². The normalized spacial score (nSPS) is 13.1. The Bertz CT molecular complexity index is 1300. The number of esters is 2. The Hall–Kier alpha value is -3.98. The summed E-state index contributed by atoms with van der Waals surface area (Å²) in [6.45, 7) is 3.35. The van der Waals surface area contributed by atoms with Gasteiger partial charge >= 0.3 is 11.9 Å². The molecule has 192 valence electrons. The second-order valence-corrected chi connectivity index (χ2v) is 9.68. The average Bonchev–Trinajstić information content (AvgIpc) is 3.25. The molecule has 0 unspecified atom stereocenters. The van der Waals surface area contributed by atoms with E-state index in [1.807, 2.05) is 0 Å². The molecule has 0 bridgehead atoms. The summed E-state index contributed by atoms with van der Waals surface area (Å²) >= 11 is 1.37. The van der Waals surface area contributed by atoms with Crippen LogP contribution in [-0.4, -0.2) is 30.4 Å². The molecule has 4 rings (SSSR count). The molecule has 1 aliphatic carbocycles. The number of carbonyl (C=O) groups excluding carboxylic acids is 4. The molecule has 2 N–H and O–H groups in total. The summed E-state index contributed by atoms with van der Waals surface area (Å²) in [5.41, 5.74) is 2.57. The molecule has 1 heterocycles. The van der Waals surface area contributed by atoms with E-state index in [4.69, 9.17) is 9.47 Å². The van der Waals surface area contributed by atoms with Crippen LogP contribution in [0.3, 0.4) is 0 Å². The van der Waals surface area contributed by atoms with E-state index >= 15 is 0 Å². The Labute approximate surface area is 219 Å². The third-order valence-electron chi connectivity index (χ3n) is 5.89. The lowest BCUT2D eigenvalue weighted by atomic mass is 9.95. The highest BCUT2D eigenvalue weighted by Crippen LogP contribution is 2.39. The smallest absolute Gasteiger partial charge is 0.341 e. The zero-order chi connectivity index (χ0) is 26.4. The molecule has 0 radical (unpaired) electrons. The van der Waals surface area contributed by atoms with E-state index < -0.39 is 23.9 Å². The molecule has 0 saturated heterocycles. The average molecular weight is 521 g/mol. The zero-order valence-electron chi connectivity index (χ0n) is 20.7. The lowest BCUT2D eigenvalue weighted by Gasteiger charge is -2.18. The lowest BCUT2D eigenvalue weighted by molar-refractivity contribution is -0.125. The van der Waals surface area contributed by atoms with Crippen molar-refractivity contribution >= 4 is 45.8 Å². The van der Waals surface area contributed by atoms with E-state index in [-0.39, 0.29) is 18.1 Å². The summed E-state index contributed by atoms with van der Waals surface area (Å²) in [7, 11) is 0. The number of hydrogen-bond donors (Lipinski definition) is 2. The minimum atomic E-state index is -1.25. The van der Waals surface area contributed by atoms with Crippen LogP contribution in [-0.2, 0) is 31.9 Å². The molecule has 0 spiro atoms. The van der Waals surface area contributed by atoms with Crippen LogP contribution in [0, 0.1) is 0 Å². The fourth-order valence-electron chi connectivity index (χ4n) is 4.22. The van der Waals surface area contributed by atoms with Gasteiger partial charge in [0.25, 0.3) is 5.91 Å². The molecule has 9 heteroatoms. The summed E-state index contributed by atoms with van der Waals surface area (Å²) in [6, 6.07) is 14.9. The Balaban J connectivity index is 1.60. The molecular weight excluding hydrogens is 492 g/mol. The first-order valence-electron chi connectivity index (χ1n) is 12.1. The van der Waals surface area contributed by atoms with Crippen LogP contribution in [0.1, 0.15) is 69.5 Å². The third kappa shape index (κ3) is 6.24. The van der Waals surface area contributed by atoms with Crippen LogP contribution in [0.2, 0.25) is 0 Å². The van der Waals surface area contributed by atoms with Crippen molar-refractivity contribution < 1.29 is 28.7 Å². The Morgan fingerprint density at radius 2 is 1.62 bits per heavy atom. The number of thiophene rings is 1. The first-order chi connectivity index (χ1) is 17.9. The van der Waals surface area contributed by atoms with Gasteiger partial charge in [0, 0.05) is 23.1 Å². The van der Waals surface area contributed by atoms with Gasteiger partial charge < -0.3 is 20.1 Å². The van der Waals surface area contributed by atoms with Crippen molar-refractivity contribution in [1.82, 2.24) is 0 Å². The molecule has 37 heavy (non-hydrogen) atoms. The Morgan fingerprint density at radius 3 is 2.30 bits per heavy atom. The fraction of sp³-hybridized carbons (Fsp3) is 0.286. The van der Waals surface area contributed by atoms with Crippen LogP contribution in [0.25, 0.3) is 0 Å². The monoisotopic (exact) mass is 520 g/mol. The highest BCUT2D eigenvalue weighted by molar-refractivity contribution is 7.17. The number of fused-ring (bicyclic) bond motifs is 1. The van der Waals surface area contributed by atoms with Gasteiger partial charge in [-0.05, 0) is 62.4 Å². The molecule has 2 amide bonds. The van der Waals surface area contributed by atoms with E-state index in [0.717, 1.165) is 36.1 Å². The highest BCUT2D eigenvalue weighted by atomic mass is 32.1. The SMILES string of the molecule is CCOC(=O)c1c(NC(=O)[C@H](OC(=O)c2ccc(NC(C)=O)cc2)c2ccccc2)sc2c1CCCC2. The van der Waals surface area contributed by atoms with Crippen LogP contribution in [0.4, 0.5) is 10.7 Å². The fourth-order valence-corrected chi connectivity index (χ4v) is 5.50. The molecule has 1 aliphatic rings. The number of nitrogens with one attached hydrogen (secondary N) is 2. The summed E-state index contributed by atoms with van der Waals surface area (Å²) in [6.07, 6.45) is 2.33. The van der Waals surface area contributed by atoms with Crippen molar-refractivity contribution in [1.29, 1.82) is 0 Å². The quantitative estimate of drug-likeness (QED) is 0.390. The second kappa shape index (κ2) is 11.8. The van der Waals surface area contributed by atoms with E-state index in [9.17, 15) is 19.2 Å². The molecule has 0 saturated carbocycles. The molecule has 1 atom stereocenters. The predicted molar refractivity (Wildman–Crippen MR) is 141 cm³/mol. The van der Waals surface area contributed by atoms with Crippen molar-refractivity contribution in [2.75, 3.05) is 17.2 Å². The number of hydrogen-bond acceptors (Lipinski definition) is 7. The highest BCUT2D eigenvalue weighted by Gasteiger charge is 2.31. The number of aryl methyl sites for hydroxylation is 1. The second-order valence-electron chi connectivity index (χ2n) is 8.58. The minimum absolute atomic E-state index is 0.224. The maximum Gasteiger partial charge on any atom is 0.341 e. The van der Waals surface area contributed by atoms with E-state index in [1.54, 1.807) is 49.4 Å². The van der Waals surface area contributed by atoms with Crippen LogP contribution in [0.15, 0.2) is 54.6 Å². The summed E-state index contributed by atoms with van der Waals surface area (Å²) in [4.78, 5) is 51.6. The van der Waals surface area contributed by atoms with Crippen LogP contribution in [0.5, 0.6) is 0 Å². The Morgan fingerprint density at radius 1 is 0.919 bits per heavy atom. The standard InChI is InChI=1S/C28H28N2O6S/c1-3-35-28(34)23-21-11-7-8-12-22(21)37-26(23)30-25(32)24(18-9-5-4-6-10-18)36-27(33)19-13-15-20(16-14-19)29-17(2)31/h4-6,9-10,13-16,24H,3,7-8,11-12H2,1-2H3,(H,29,31)(H,30,32)/t24-/m1/s1. The Kier molecular flexibility index (Phi) is 8.35. The number of anilines is 2. The number of benzene rings is 2. The summed E-state index contributed by atoms with van der Waals surface area (Å²) < 4.78 is 11.0. The first-order valence-corrected chi connectivity index (χ1v) is 12.9. The van der Waals surface area contributed by atoms with Gasteiger partial charge in [-0.25, -0.2) is 9.59 Å². The first kappa shape index (κ1) is 26.1. The molecule has 2 aromatic carbocycles. The molecule has 0 fully saturated rings. The van der Waals surface area contributed by atoms with E-state index in [2.05, 4.69) is 10.6 Å². The number of amides is 2. The number of carbonyl (C=O) groups is 4. The van der Waals surface area contributed by atoms with Crippen molar-refractivity contribution in [3.8, 4) is 0 Å². The number of ether oxygens (including phenoxy) is 2. The van der Waals surface area contributed by atoms with Crippen molar-refractivity contribution in [3.63, 3.8) is 0 Å². The lowest BCUT2D eigenvalue weighted by Crippen LogP contribution is -2.26. The van der Waals surface area contributed by atoms with Crippen LogP contribution >= 0.6 is 11.3 Å². The van der Waals surface area contributed by atoms with E-state index in [1.165, 1.54) is 30.4 Å². The van der Waals surface area contributed by atoms with Gasteiger partial charge in [-0.2, -0.15) is 0 Å². The van der Waals surface area contributed by atoms with Gasteiger partial charge in [0.05, 0.1) is 17.7 Å². The molecule has 1 aromatic heterocycles. The van der Waals surface area contributed by atoms with Gasteiger partial charge in [0.2, 0.25) is 12.0 Å². The molecular formula is C28H28N2O6S. The predicted octanol–water partition coefficient (Wildman–Crippen LogP) is 5.30. The van der Waals surface area contributed by atoms with E-state index in [0.29, 0.717) is 21.8 Å². The van der Waals surface area contributed by atoms with Gasteiger partial charge in [-0.3, -0.25) is 9.59 Å². The largest absolute Gasteiger partial charge is 0.462 e. The topological polar surface area (TPSA) is 111 Å². The number of rotatable bonds is 8. The van der Waals surface area contributed by atoms with Crippen molar-refractivity contribution in [3.05, 3.63) is 81.7 Å². The van der Waals surface area contributed by atoms with Gasteiger partial charge in [-0.1, -0.05) is 30.3 Å². The summed E-state index contributed by atoms with van der Waals surface area (Å²) in [5, 5.41) is 5.89. The van der Waals surface area contributed by atoms with Crippen molar-refractivity contribution in [2.45, 2.75) is 45.6 Å². The maximum absolute atomic E-state index is 13.5. The third-order valence-corrected chi connectivity index (χ3v) is 7.10. The van der Waals surface area contributed by atoms with Gasteiger partial charge in [-0.15, -0.1) is 11.3 Å². The van der Waals surface area contributed by atoms with Crippen LogP contribution < -0.4 is 10.6 Å². The molecule has 8 nitrogen and oxygen atoms in total. The zero-order valence-corrected chi connectivity index (χ0v) is 21.5. The minimum Gasteiger partial charge on any atom is -0.462 e. The molecule has 0 aliphatic heterocycles.